The molecule has 2 aromatic carbocycles. The standard InChI is InChI=1S/C26H25N3O4/c1-2-20-23(27-25(31)22(24(20)30)26(32)33)17-5-10-21-16(15-17)11-14-29(21)19-8-6-18(7-9-19)28-12-3-4-13-28/h5-11,14-15H,2-4,12-13H2,1H3,(H,32,33)(H2,27,30,31). The zero-order valence-electron chi connectivity index (χ0n) is 18.3. The van der Waals surface area contributed by atoms with E-state index >= 15 is 0 Å². The number of H-pyrrole nitrogens is 1. The molecule has 0 amide bonds. The van der Waals surface area contributed by atoms with Crippen molar-refractivity contribution in [1.29, 1.82) is 0 Å². The van der Waals surface area contributed by atoms with Crippen LogP contribution in [0.2, 0.25) is 0 Å². The molecule has 3 N–H and O–H groups in total. The van der Waals surface area contributed by atoms with E-state index in [-0.39, 0.29) is 0 Å². The van der Waals surface area contributed by atoms with Gasteiger partial charge in [-0.05, 0) is 67.3 Å². The van der Waals surface area contributed by atoms with Crippen LogP contribution < -0.4 is 10.5 Å². The molecule has 5 rings (SSSR count). The number of nitrogens with one attached hydrogen (secondary N) is 1. The summed E-state index contributed by atoms with van der Waals surface area (Å²) in [6.07, 6.45) is 4.87. The molecule has 0 saturated carbocycles. The minimum atomic E-state index is -1.45. The number of carboxylic acid groups (broad SMARTS) is 1. The molecule has 0 atom stereocenters. The van der Waals surface area contributed by atoms with Crippen molar-refractivity contribution in [3.05, 3.63) is 76.2 Å². The van der Waals surface area contributed by atoms with Crippen LogP contribution in [-0.4, -0.2) is 38.8 Å². The van der Waals surface area contributed by atoms with Crippen LogP contribution in [0.4, 0.5) is 5.69 Å². The number of carboxylic acids is 1. The molecule has 2 aromatic heterocycles. The minimum absolute atomic E-state index is 0.376. The highest BCUT2D eigenvalue weighted by Gasteiger charge is 2.22. The molecular weight excluding hydrogens is 418 g/mol. The number of rotatable bonds is 5. The maximum atomic E-state index is 12.3. The number of fused-ring (bicyclic) bond motifs is 1. The Morgan fingerprint density at radius 3 is 2.39 bits per heavy atom. The van der Waals surface area contributed by atoms with Crippen molar-refractivity contribution in [2.45, 2.75) is 26.2 Å². The van der Waals surface area contributed by atoms with Crippen LogP contribution in [0.3, 0.4) is 0 Å². The number of benzene rings is 2. The van der Waals surface area contributed by atoms with Crippen molar-refractivity contribution in [3.63, 3.8) is 0 Å². The Balaban J connectivity index is 1.54. The molecule has 1 saturated heterocycles. The summed E-state index contributed by atoms with van der Waals surface area (Å²) in [5.74, 6) is -1.92. The fraction of sp³-hybridized carbons (Fsp3) is 0.231. The first-order valence-electron chi connectivity index (χ1n) is 11.2. The molecule has 0 unspecified atom stereocenters. The molecule has 7 nitrogen and oxygen atoms in total. The molecule has 0 bridgehead atoms. The molecule has 0 aliphatic carbocycles. The summed E-state index contributed by atoms with van der Waals surface area (Å²) < 4.78 is 2.11. The van der Waals surface area contributed by atoms with Gasteiger partial charge in [-0.3, -0.25) is 4.79 Å². The van der Waals surface area contributed by atoms with Crippen LogP contribution in [0.15, 0.2) is 59.5 Å². The fourth-order valence-electron chi connectivity index (χ4n) is 4.74. The second-order valence-electron chi connectivity index (χ2n) is 8.36. The third-order valence-electron chi connectivity index (χ3n) is 6.44. The Kier molecular flexibility index (Phi) is 5.17. The largest absolute Gasteiger partial charge is 0.506 e. The summed E-state index contributed by atoms with van der Waals surface area (Å²) in [6, 6.07) is 16.3. The molecular formula is C26H25N3O4. The van der Waals surface area contributed by atoms with Gasteiger partial charge in [0.05, 0.1) is 11.2 Å². The van der Waals surface area contributed by atoms with Crippen LogP contribution in [0.5, 0.6) is 5.75 Å². The van der Waals surface area contributed by atoms with E-state index in [1.54, 1.807) is 0 Å². The molecule has 1 aliphatic heterocycles. The van der Waals surface area contributed by atoms with Gasteiger partial charge in [0.1, 0.15) is 5.75 Å². The fourth-order valence-corrected chi connectivity index (χ4v) is 4.74. The first kappa shape index (κ1) is 20.9. The third-order valence-corrected chi connectivity index (χ3v) is 6.44. The lowest BCUT2D eigenvalue weighted by Gasteiger charge is -2.18. The van der Waals surface area contributed by atoms with Gasteiger partial charge in [-0.1, -0.05) is 13.0 Å². The number of nitrogens with zero attached hydrogens (tertiary/aromatic N) is 2. The predicted octanol–water partition coefficient (Wildman–Crippen LogP) is 4.55. The Morgan fingerprint density at radius 1 is 1.03 bits per heavy atom. The summed E-state index contributed by atoms with van der Waals surface area (Å²) in [6.45, 7) is 4.03. The van der Waals surface area contributed by atoms with Crippen LogP contribution in [-0.2, 0) is 6.42 Å². The molecule has 3 heterocycles. The first-order chi connectivity index (χ1) is 16.0. The maximum Gasteiger partial charge on any atom is 0.345 e. The summed E-state index contributed by atoms with van der Waals surface area (Å²) >= 11 is 0. The number of carbonyl (C=O) groups is 1. The number of pyridine rings is 1. The molecule has 4 aromatic rings. The second kappa shape index (κ2) is 8.16. The van der Waals surface area contributed by atoms with E-state index in [4.69, 9.17) is 0 Å². The van der Waals surface area contributed by atoms with E-state index in [9.17, 15) is 19.8 Å². The van der Waals surface area contributed by atoms with Crippen LogP contribution in [0.1, 0.15) is 35.7 Å². The average Bonchev–Trinajstić information content (AvgIpc) is 3.48. The summed E-state index contributed by atoms with van der Waals surface area (Å²) in [5.41, 5.74) is 3.44. The van der Waals surface area contributed by atoms with E-state index in [2.05, 4.69) is 38.7 Å². The zero-order valence-corrected chi connectivity index (χ0v) is 18.3. The van der Waals surface area contributed by atoms with Gasteiger partial charge in [0.25, 0.3) is 5.56 Å². The summed E-state index contributed by atoms with van der Waals surface area (Å²) in [4.78, 5) is 28.8. The zero-order chi connectivity index (χ0) is 23.1. The van der Waals surface area contributed by atoms with E-state index in [1.165, 1.54) is 18.5 Å². The smallest absolute Gasteiger partial charge is 0.345 e. The Labute approximate surface area is 190 Å². The van der Waals surface area contributed by atoms with Crippen molar-refractivity contribution < 1.29 is 15.0 Å². The molecule has 1 fully saturated rings. The lowest BCUT2D eigenvalue weighted by Crippen LogP contribution is -2.20. The monoisotopic (exact) mass is 443 g/mol. The van der Waals surface area contributed by atoms with Gasteiger partial charge in [-0.15, -0.1) is 0 Å². The van der Waals surface area contributed by atoms with E-state index in [0.29, 0.717) is 23.2 Å². The molecule has 33 heavy (non-hydrogen) atoms. The lowest BCUT2D eigenvalue weighted by molar-refractivity contribution is 0.0691. The number of anilines is 1. The van der Waals surface area contributed by atoms with Crippen LogP contribution in [0.25, 0.3) is 27.8 Å². The number of aromatic amines is 1. The van der Waals surface area contributed by atoms with E-state index in [0.717, 1.165) is 29.7 Å². The van der Waals surface area contributed by atoms with Crippen molar-refractivity contribution >= 4 is 22.6 Å². The molecule has 7 heteroatoms. The van der Waals surface area contributed by atoms with Crippen molar-refractivity contribution in [2.75, 3.05) is 18.0 Å². The van der Waals surface area contributed by atoms with Gasteiger partial charge in [-0.25, -0.2) is 4.79 Å². The highest BCUT2D eigenvalue weighted by molar-refractivity contribution is 5.93. The van der Waals surface area contributed by atoms with Crippen LogP contribution >= 0.6 is 0 Å². The number of aromatic nitrogens is 2. The number of aromatic hydroxyl groups is 1. The van der Waals surface area contributed by atoms with Gasteiger partial charge in [0.2, 0.25) is 0 Å². The normalized spacial score (nSPS) is 13.7. The molecule has 168 valence electrons. The third kappa shape index (κ3) is 3.55. The number of hydrogen-bond acceptors (Lipinski definition) is 4. The SMILES string of the molecule is CCc1c(-c2ccc3c(ccn3-c3ccc(N4CCCC4)cc3)c2)[nH]c(=O)c(C(=O)O)c1O. The van der Waals surface area contributed by atoms with Gasteiger partial charge in [0, 0.05) is 41.6 Å². The Bertz CT molecular complexity index is 1410. The van der Waals surface area contributed by atoms with Gasteiger partial charge in [0.15, 0.2) is 5.56 Å². The Morgan fingerprint density at radius 2 is 1.73 bits per heavy atom. The van der Waals surface area contributed by atoms with Gasteiger partial charge < -0.3 is 24.7 Å². The van der Waals surface area contributed by atoms with E-state index < -0.39 is 22.8 Å². The number of hydrogen-bond donors (Lipinski definition) is 3. The second-order valence-corrected chi connectivity index (χ2v) is 8.36. The highest BCUT2D eigenvalue weighted by Crippen LogP contribution is 2.32. The molecule has 0 spiro atoms. The van der Waals surface area contributed by atoms with Crippen molar-refractivity contribution in [1.82, 2.24) is 9.55 Å². The van der Waals surface area contributed by atoms with E-state index in [1.807, 2.05) is 37.4 Å². The summed E-state index contributed by atoms with van der Waals surface area (Å²) in [7, 11) is 0. The average molecular weight is 444 g/mol. The maximum absolute atomic E-state index is 12.3. The topological polar surface area (TPSA) is 98.6 Å². The Hall–Kier alpha value is -4.00. The number of aromatic carboxylic acids is 1. The quantitative estimate of drug-likeness (QED) is 0.420. The lowest BCUT2D eigenvalue weighted by atomic mass is 9.99. The highest BCUT2D eigenvalue weighted by atomic mass is 16.4. The summed E-state index contributed by atoms with van der Waals surface area (Å²) in [5, 5.41) is 20.7. The predicted molar refractivity (Wildman–Crippen MR) is 129 cm³/mol. The van der Waals surface area contributed by atoms with Crippen molar-refractivity contribution in [2.24, 2.45) is 0 Å². The first-order valence-corrected chi connectivity index (χ1v) is 11.2. The van der Waals surface area contributed by atoms with Gasteiger partial charge in [-0.2, -0.15) is 0 Å². The van der Waals surface area contributed by atoms with Crippen molar-refractivity contribution in [3.8, 4) is 22.7 Å². The van der Waals surface area contributed by atoms with Crippen LogP contribution in [0, 0.1) is 0 Å². The minimum Gasteiger partial charge on any atom is -0.506 e. The molecule has 1 aliphatic rings. The molecule has 0 radical (unpaired) electrons. The van der Waals surface area contributed by atoms with Gasteiger partial charge >= 0.3 is 5.97 Å².